The van der Waals surface area contributed by atoms with E-state index in [0.717, 1.165) is 0 Å². The number of hydrogen-bond acceptors (Lipinski definition) is 0. The van der Waals surface area contributed by atoms with Crippen LogP contribution in [0.2, 0.25) is 0 Å². The summed E-state index contributed by atoms with van der Waals surface area (Å²) in [5.41, 5.74) is 0. The largest absolute Gasteiger partial charge is 0 e. The van der Waals surface area contributed by atoms with Gasteiger partial charge in [-0.15, -0.1) is 0 Å². The average molecular weight is 2450 g/mol. The zero-order valence-electron chi connectivity index (χ0n) is 5.81. The SMILES string of the molecule is [Ac].[Au].[Hf].[Hg].[Ir].[La].[Lu].[Os].[Pd].[Pt].[Re].[Rh].[Ta].[W]. The molecule has 0 aromatic heterocycles. The molecule has 0 heterocycles. The van der Waals surface area contributed by atoms with Gasteiger partial charge >= 0.3 is 0 Å². The Morgan fingerprint density at radius 1 is 1.00 bits per heavy atom. The molecule has 0 saturated heterocycles. The number of rotatable bonds is 0. The minimum absolute atomic E-state index is 0. The fraction of sp³-hybridized carbons (Fsp3) is 0. The van der Waals surface area contributed by atoms with Gasteiger partial charge in [-0.2, -0.15) is 0 Å². The normalized spacial score (nSPS) is 0. The fourth-order valence-electron chi connectivity index (χ4n) is 0. The smallest absolute Gasteiger partial charge is 0 e. The van der Waals surface area contributed by atoms with Gasteiger partial charge < -0.3 is 0 Å². The van der Waals surface area contributed by atoms with Gasteiger partial charge in [0.15, 0.2) is 0 Å². The van der Waals surface area contributed by atoms with E-state index in [-0.39, 0.29) is 357 Å². The molecule has 0 N–H and O–H groups in total. The van der Waals surface area contributed by atoms with Crippen molar-refractivity contribution in [2.24, 2.45) is 0 Å². The maximum atomic E-state index is 0. The van der Waals surface area contributed by atoms with Crippen LogP contribution in [0.25, 0.3) is 0 Å². The summed E-state index contributed by atoms with van der Waals surface area (Å²) < 4.78 is 0. The molecule has 8 radical (unpaired) electrons. The van der Waals surface area contributed by atoms with Gasteiger partial charge in [-0.25, -0.2) is 0 Å². The first-order valence-electron chi connectivity index (χ1n) is 0. The molecule has 0 aromatic rings. The van der Waals surface area contributed by atoms with Gasteiger partial charge in [0, 0.05) is 357 Å². The van der Waals surface area contributed by atoms with Crippen LogP contribution in [-0.2, 0) is 241 Å². The van der Waals surface area contributed by atoms with Crippen LogP contribution in [0, 0.1) is 117 Å². The minimum Gasteiger partial charge on any atom is 0 e. The first kappa shape index (κ1) is 114. The first-order valence-corrected chi connectivity index (χ1v) is 0. The van der Waals surface area contributed by atoms with Crippen molar-refractivity contribution >= 4 is 0 Å². The third kappa shape index (κ3) is 89.0. The molecule has 0 bridgehead atoms. The van der Waals surface area contributed by atoms with Crippen molar-refractivity contribution in [1.29, 1.82) is 0 Å². The summed E-state index contributed by atoms with van der Waals surface area (Å²) in [7, 11) is 0. The maximum Gasteiger partial charge on any atom is 0 e. The molecule has 102 valence electrons. The van der Waals surface area contributed by atoms with Gasteiger partial charge in [0.1, 0.15) is 0 Å². The summed E-state index contributed by atoms with van der Waals surface area (Å²) in [6.07, 6.45) is 0. The molecular weight excluding hydrogens is 2450 g/mol. The molecule has 0 aromatic carbocycles. The standard InChI is InChI=1S/Ac.Au.Hf.Hg.Ir.La.Lu.Os.Pd.Pt.Re.Rh.Ta.W. The van der Waals surface area contributed by atoms with Crippen molar-refractivity contribution in [3.8, 4) is 0 Å². The Morgan fingerprint density at radius 3 is 1.00 bits per heavy atom. The van der Waals surface area contributed by atoms with Crippen LogP contribution >= 0.6 is 0 Å². The zero-order valence-corrected chi connectivity index (χ0v) is 46.4. The van der Waals surface area contributed by atoms with Crippen LogP contribution in [0.15, 0.2) is 0 Å². The predicted octanol–water partition coefficient (Wildman–Crippen LogP) is -0.0275. The second-order valence-electron chi connectivity index (χ2n) is 0. The van der Waals surface area contributed by atoms with Gasteiger partial charge in [0.05, 0.1) is 0 Å². The van der Waals surface area contributed by atoms with Gasteiger partial charge in [-0.3, -0.25) is 0 Å². The fourth-order valence-corrected chi connectivity index (χ4v) is 0. The van der Waals surface area contributed by atoms with Gasteiger partial charge in [-0.1, -0.05) is 0 Å². The molecule has 0 aliphatic heterocycles. The maximum absolute atomic E-state index is 0. The summed E-state index contributed by atoms with van der Waals surface area (Å²) in [5, 5.41) is 0. The second-order valence-corrected chi connectivity index (χ2v) is 0. The van der Waals surface area contributed by atoms with Crippen LogP contribution in [0.4, 0.5) is 0 Å². The number of hydrogen-bond donors (Lipinski definition) is 0. The zero-order chi connectivity index (χ0) is 0. The van der Waals surface area contributed by atoms with E-state index >= 15 is 0 Å². The Balaban J connectivity index is 0. The minimum atomic E-state index is 0. The van der Waals surface area contributed by atoms with Crippen molar-refractivity contribution < 1.29 is 357 Å². The Morgan fingerprint density at radius 2 is 1.00 bits per heavy atom. The van der Waals surface area contributed by atoms with Crippen LogP contribution < -0.4 is 0 Å². The van der Waals surface area contributed by atoms with Crippen LogP contribution in [0.1, 0.15) is 0 Å². The monoisotopic (exact) mass is 2460 g/mol. The summed E-state index contributed by atoms with van der Waals surface area (Å²) in [5.74, 6) is 0. The van der Waals surface area contributed by atoms with Crippen molar-refractivity contribution in [3.05, 3.63) is 0 Å². The quantitative estimate of drug-likeness (QED) is 0.300. The Bertz CT molecular complexity index is 53.3. The molecule has 0 aliphatic rings. The van der Waals surface area contributed by atoms with Crippen LogP contribution in [0.3, 0.4) is 0 Å². The van der Waals surface area contributed by atoms with E-state index in [9.17, 15) is 0 Å². The molecule has 0 spiro atoms. The predicted molar refractivity (Wildman–Crippen MR) is 0 cm³/mol. The molecule has 14 heavy (non-hydrogen) atoms. The average Bonchev–Trinajstić information content (AvgIpc) is 0. The van der Waals surface area contributed by atoms with Gasteiger partial charge in [0.25, 0.3) is 0 Å². The van der Waals surface area contributed by atoms with E-state index in [1.54, 1.807) is 0 Å². The van der Waals surface area contributed by atoms with E-state index in [4.69, 9.17) is 0 Å². The molecule has 0 saturated carbocycles. The molecule has 0 fully saturated rings. The Kier molecular flexibility index (Phi) is 824. The van der Waals surface area contributed by atoms with Crippen LogP contribution in [0.5, 0.6) is 0 Å². The van der Waals surface area contributed by atoms with Crippen molar-refractivity contribution in [1.82, 2.24) is 0 Å². The van der Waals surface area contributed by atoms with Gasteiger partial charge in [-0.05, 0) is 0 Å². The molecule has 0 rings (SSSR count). The first-order chi connectivity index (χ1) is 0. The van der Waals surface area contributed by atoms with E-state index in [1.807, 2.05) is 0 Å². The molecule has 0 nitrogen and oxygen atoms in total. The summed E-state index contributed by atoms with van der Waals surface area (Å²) in [6, 6.07) is 0. The molecule has 0 atom stereocenters. The van der Waals surface area contributed by atoms with E-state index in [2.05, 4.69) is 0 Å². The van der Waals surface area contributed by atoms with E-state index < -0.39 is 0 Å². The van der Waals surface area contributed by atoms with Crippen LogP contribution in [-0.4, -0.2) is 0 Å². The Hall–Kier alpha value is 11.8. The molecule has 0 aliphatic carbocycles. The topological polar surface area (TPSA) is 0 Å². The molecule has 14 heteroatoms. The second kappa shape index (κ2) is 101. The van der Waals surface area contributed by atoms with Crippen molar-refractivity contribution in [3.63, 3.8) is 0 Å². The molecular formula is AcAuHfHgIrLaLuOsPdPtReRhTaW. The van der Waals surface area contributed by atoms with Gasteiger partial charge in [0.2, 0.25) is 0 Å². The Labute approximate surface area is 346 Å². The molecule has 0 amide bonds. The summed E-state index contributed by atoms with van der Waals surface area (Å²) in [4.78, 5) is 0. The third-order valence-electron chi connectivity index (χ3n) is 0. The van der Waals surface area contributed by atoms with Crippen molar-refractivity contribution in [2.75, 3.05) is 0 Å². The molecule has 0 unspecified atom stereocenters. The summed E-state index contributed by atoms with van der Waals surface area (Å²) in [6.45, 7) is 0. The van der Waals surface area contributed by atoms with Crippen molar-refractivity contribution in [2.45, 2.75) is 0 Å². The van der Waals surface area contributed by atoms with E-state index in [0.29, 0.717) is 0 Å². The van der Waals surface area contributed by atoms with E-state index in [1.165, 1.54) is 0 Å². The summed E-state index contributed by atoms with van der Waals surface area (Å²) >= 11 is 0. The third-order valence-corrected chi connectivity index (χ3v) is 0.